The van der Waals surface area contributed by atoms with Gasteiger partial charge in [0.1, 0.15) is 0 Å². The third-order valence-electron chi connectivity index (χ3n) is 12.1. The van der Waals surface area contributed by atoms with E-state index in [1.165, 1.54) is 27.6 Å². The van der Waals surface area contributed by atoms with Crippen LogP contribution in [-0.4, -0.2) is 15.0 Å². The average Bonchev–Trinajstić information content (AvgIpc) is 3.65. The normalized spacial score (nSPS) is 13.0. The molecule has 0 radical (unpaired) electrons. The predicted molar refractivity (Wildman–Crippen MR) is 243 cm³/mol. The molecule has 0 atom stereocenters. The van der Waals surface area contributed by atoms with E-state index in [0.29, 0.717) is 34.7 Å². The van der Waals surface area contributed by atoms with Crippen molar-refractivity contribution in [1.82, 2.24) is 15.0 Å². The quantitative estimate of drug-likeness (QED) is 0.168. The summed E-state index contributed by atoms with van der Waals surface area (Å²) in [4.78, 5) is 15.0. The molecule has 1 aliphatic carbocycles. The minimum Gasteiger partial charge on any atom is -0.449 e. The smallest absolute Gasteiger partial charge is 0.178 e. The van der Waals surface area contributed by atoms with Gasteiger partial charge >= 0.3 is 0 Å². The van der Waals surface area contributed by atoms with Gasteiger partial charge in [-0.2, -0.15) is 0 Å². The van der Waals surface area contributed by atoms with Gasteiger partial charge in [0.25, 0.3) is 0 Å². The topological polar surface area (TPSA) is 57.1 Å². The van der Waals surface area contributed by atoms with E-state index < -0.39 is 5.41 Å². The maximum absolute atomic E-state index is 6.98. The molecule has 5 heteroatoms. The van der Waals surface area contributed by atoms with Crippen molar-refractivity contribution in [1.29, 1.82) is 0 Å². The van der Waals surface area contributed by atoms with E-state index in [9.17, 15) is 0 Å². The van der Waals surface area contributed by atoms with Gasteiger partial charge in [0, 0.05) is 22.3 Å². The van der Waals surface area contributed by atoms with E-state index in [4.69, 9.17) is 24.4 Å². The number of hydrogen-bond donors (Lipinski definition) is 0. The Bertz CT molecular complexity index is 3260. The van der Waals surface area contributed by atoms with Crippen LogP contribution >= 0.6 is 0 Å². The molecule has 12 rings (SSSR count). The van der Waals surface area contributed by atoms with Crippen molar-refractivity contribution in [3.63, 3.8) is 0 Å². The fourth-order valence-electron chi connectivity index (χ4n) is 9.23. The van der Waals surface area contributed by atoms with E-state index >= 15 is 0 Å². The van der Waals surface area contributed by atoms with Crippen molar-refractivity contribution in [2.45, 2.75) is 5.41 Å². The third-order valence-corrected chi connectivity index (χ3v) is 12.1. The second kappa shape index (κ2) is 14.0. The number of fused-ring (bicyclic) bond motifs is 7. The highest BCUT2D eigenvalue weighted by atomic mass is 16.6. The second-order valence-electron chi connectivity index (χ2n) is 15.5. The van der Waals surface area contributed by atoms with Crippen LogP contribution in [0.5, 0.6) is 23.0 Å². The minimum atomic E-state index is -0.534. The first-order valence-corrected chi connectivity index (χ1v) is 20.5. The Hall–Kier alpha value is -8.15. The van der Waals surface area contributed by atoms with Crippen molar-refractivity contribution in [2.24, 2.45) is 0 Å². The third kappa shape index (κ3) is 5.66. The molecule has 1 aromatic heterocycles. The summed E-state index contributed by atoms with van der Waals surface area (Å²) < 4.78 is 13.6. The van der Waals surface area contributed by atoms with Crippen LogP contribution in [0.1, 0.15) is 22.3 Å². The molecule has 2 aliphatic rings. The molecule has 0 amide bonds. The molecule has 0 unspecified atom stereocenters. The SMILES string of the molecule is c1ccc(-c2nc(-c3ccc(-c4ccc5c(c4)Oc4c(ccc6c4-c4ccccc4C6(c4ccccc4)c4ccccc4)O5)cc3)nc(-c3ccc4ccccc4c3)n2)cc1. The molecule has 9 aromatic carbocycles. The van der Waals surface area contributed by atoms with Crippen molar-refractivity contribution in [2.75, 3.05) is 0 Å². The standard InChI is InChI=1S/C56H35N3O2/c1-4-15-38(16-5-1)53-57-54(59-55(58-53)42-29-26-36-14-10-11-17-40(36)34-42)39-27-24-37(25-28-39)41-30-32-48-50(35-41)61-52-49(60-48)33-31-47-51(52)45-22-12-13-23-46(45)56(47,43-18-6-2-7-19-43)44-20-8-3-9-21-44/h1-35H. The molecule has 0 bridgehead atoms. The van der Waals surface area contributed by atoms with Gasteiger partial charge in [0.15, 0.2) is 40.5 Å². The fourth-order valence-corrected chi connectivity index (χ4v) is 9.23. The summed E-state index contributed by atoms with van der Waals surface area (Å²) in [5, 5.41) is 2.31. The van der Waals surface area contributed by atoms with Crippen molar-refractivity contribution < 1.29 is 9.47 Å². The van der Waals surface area contributed by atoms with Crippen LogP contribution in [0.25, 0.3) is 67.2 Å². The molecule has 2 heterocycles. The first-order chi connectivity index (χ1) is 30.2. The van der Waals surface area contributed by atoms with Gasteiger partial charge < -0.3 is 9.47 Å². The molecule has 0 saturated carbocycles. The molecule has 10 aromatic rings. The molecular weight excluding hydrogens is 747 g/mol. The Morgan fingerprint density at radius 1 is 0.328 bits per heavy atom. The molecule has 61 heavy (non-hydrogen) atoms. The molecule has 0 fully saturated rings. The number of aromatic nitrogens is 3. The summed E-state index contributed by atoms with van der Waals surface area (Å²) in [7, 11) is 0. The lowest BCUT2D eigenvalue weighted by Gasteiger charge is -2.34. The predicted octanol–water partition coefficient (Wildman–Crippen LogP) is 14.0. The minimum absolute atomic E-state index is 0.534. The van der Waals surface area contributed by atoms with Gasteiger partial charge in [0.2, 0.25) is 0 Å². The molecule has 5 nitrogen and oxygen atoms in total. The maximum Gasteiger partial charge on any atom is 0.178 e. The number of hydrogen-bond acceptors (Lipinski definition) is 5. The van der Waals surface area contributed by atoms with Crippen LogP contribution in [0.4, 0.5) is 0 Å². The first kappa shape index (κ1) is 34.9. The summed E-state index contributed by atoms with van der Waals surface area (Å²) in [6, 6.07) is 73.8. The fraction of sp³-hybridized carbons (Fsp3) is 0.0179. The van der Waals surface area contributed by atoms with Crippen LogP contribution in [0.2, 0.25) is 0 Å². The van der Waals surface area contributed by atoms with Gasteiger partial charge in [-0.25, -0.2) is 15.0 Å². The van der Waals surface area contributed by atoms with Crippen LogP contribution in [0, 0.1) is 0 Å². The Balaban J connectivity index is 0.919. The van der Waals surface area contributed by atoms with E-state index in [-0.39, 0.29) is 0 Å². The molecular formula is C56H35N3O2. The van der Waals surface area contributed by atoms with E-state index in [0.717, 1.165) is 50.1 Å². The van der Waals surface area contributed by atoms with E-state index in [1.807, 2.05) is 36.4 Å². The van der Waals surface area contributed by atoms with Crippen LogP contribution < -0.4 is 9.47 Å². The van der Waals surface area contributed by atoms with Crippen molar-refractivity contribution >= 4 is 10.8 Å². The molecule has 0 saturated heterocycles. The zero-order valence-electron chi connectivity index (χ0n) is 32.9. The highest BCUT2D eigenvalue weighted by Gasteiger charge is 2.48. The van der Waals surface area contributed by atoms with Crippen molar-refractivity contribution in [3.8, 4) is 79.4 Å². The second-order valence-corrected chi connectivity index (χ2v) is 15.5. The first-order valence-electron chi connectivity index (χ1n) is 20.5. The Labute approximate surface area is 353 Å². The number of rotatable bonds is 6. The molecule has 286 valence electrons. The molecule has 1 aliphatic heterocycles. The maximum atomic E-state index is 6.98. The van der Waals surface area contributed by atoms with Crippen LogP contribution in [0.3, 0.4) is 0 Å². The summed E-state index contributed by atoms with van der Waals surface area (Å²) >= 11 is 0. The monoisotopic (exact) mass is 781 g/mol. The summed E-state index contributed by atoms with van der Waals surface area (Å²) in [5.41, 5.74) is 11.3. The largest absolute Gasteiger partial charge is 0.449 e. The Morgan fingerprint density at radius 3 is 1.59 bits per heavy atom. The van der Waals surface area contributed by atoms with Gasteiger partial charge in [-0.1, -0.05) is 188 Å². The lowest BCUT2D eigenvalue weighted by Crippen LogP contribution is -2.28. The van der Waals surface area contributed by atoms with E-state index in [2.05, 4.69) is 176 Å². The van der Waals surface area contributed by atoms with Gasteiger partial charge in [-0.3, -0.25) is 0 Å². The highest BCUT2D eigenvalue weighted by Crippen LogP contribution is 2.62. The lowest BCUT2D eigenvalue weighted by molar-refractivity contribution is 0.360. The zero-order chi connectivity index (χ0) is 40.3. The Kier molecular flexibility index (Phi) is 8.00. The van der Waals surface area contributed by atoms with Crippen LogP contribution in [0.15, 0.2) is 212 Å². The number of benzene rings is 9. The molecule has 0 spiro atoms. The van der Waals surface area contributed by atoms with Gasteiger partial charge in [-0.05, 0) is 74.0 Å². The van der Waals surface area contributed by atoms with Gasteiger partial charge in [-0.15, -0.1) is 0 Å². The highest BCUT2D eigenvalue weighted by molar-refractivity contribution is 5.92. The van der Waals surface area contributed by atoms with Crippen LogP contribution in [-0.2, 0) is 5.41 Å². The Morgan fingerprint density at radius 2 is 0.869 bits per heavy atom. The summed E-state index contributed by atoms with van der Waals surface area (Å²) in [5.74, 6) is 4.64. The van der Waals surface area contributed by atoms with E-state index in [1.54, 1.807) is 0 Å². The lowest BCUT2D eigenvalue weighted by atomic mass is 9.68. The number of nitrogens with zero attached hydrogens (tertiary/aromatic N) is 3. The summed E-state index contributed by atoms with van der Waals surface area (Å²) in [6.07, 6.45) is 0. The van der Waals surface area contributed by atoms with Crippen molar-refractivity contribution in [3.05, 3.63) is 235 Å². The zero-order valence-corrected chi connectivity index (χ0v) is 32.9. The average molecular weight is 782 g/mol. The van der Waals surface area contributed by atoms with Gasteiger partial charge in [0.05, 0.1) is 5.41 Å². The molecule has 0 N–H and O–H groups in total. The number of ether oxygens (including phenoxy) is 2. The summed E-state index contributed by atoms with van der Waals surface area (Å²) in [6.45, 7) is 0.